The molecule has 1 heterocycles. The fourth-order valence-electron chi connectivity index (χ4n) is 1.61. The molecule has 1 aromatic carbocycles. The molecule has 0 saturated heterocycles. The number of para-hydroxylation sites is 1. The summed E-state index contributed by atoms with van der Waals surface area (Å²) >= 11 is 0. The molecule has 2 aromatic rings. The van der Waals surface area contributed by atoms with Crippen molar-refractivity contribution in [3.63, 3.8) is 0 Å². The highest BCUT2D eigenvalue weighted by Crippen LogP contribution is 2.15. The monoisotopic (exact) mass is 227 g/mol. The molecule has 0 aliphatic heterocycles. The van der Waals surface area contributed by atoms with Gasteiger partial charge in [-0.3, -0.25) is 4.79 Å². The van der Waals surface area contributed by atoms with Gasteiger partial charge in [-0.15, -0.1) is 0 Å². The number of H-pyrrole nitrogens is 1. The Bertz CT molecular complexity index is 587. The highest BCUT2D eigenvalue weighted by Gasteiger charge is 1.99. The van der Waals surface area contributed by atoms with Gasteiger partial charge in [0.1, 0.15) is 6.42 Å². The fourth-order valence-corrected chi connectivity index (χ4v) is 1.61. The Morgan fingerprint density at radius 1 is 1.41 bits per heavy atom. The molecule has 2 rings (SSSR count). The van der Waals surface area contributed by atoms with Crippen LogP contribution in [0, 0.1) is 11.8 Å². The first kappa shape index (κ1) is 11.3. The maximum absolute atomic E-state index is 11.1. The number of aromatic nitrogens is 1. The van der Waals surface area contributed by atoms with Crippen LogP contribution in [-0.4, -0.2) is 17.6 Å². The summed E-state index contributed by atoms with van der Waals surface area (Å²) in [7, 11) is 0. The Hall–Kier alpha value is -2.21. The Morgan fingerprint density at radius 3 is 3.12 bits per heavy atom. The van der Waals surface area contributed by atoms with E-state index < -0.39 is 0 Å². The van der Waals surface area contributed by atoms with Crippen molar-refractivity contribution in [1.29, 1.82) is 0 Å². The summed E-state index contributed by atoms with van der Waals surface area (Å²) in [5.41, 5.74) is 1.90. The molecule has 0 saturated carbocycles. The van der Waals surface area contributed by atoms with Crippen LogP contribution in [0.25, 0.3) is 10.9 Å². The predicted molar refractivity (Wildman–Crippen MR) is 66.4 cm³/mol. The van der Waals surface area contributed by atoms with Gasteiger partial charge in [0, 0.05) is 17.1 Å². The summed E-state index contributed by atoms with van der Waals surface area (Å²) in [6.07, 6.45) is 2.01. The first-order chi connectivity index (χ1) is 8.31. The molecule has 3 heteroatoms. The van der Waals surface area contributed by atoms with Crippen LogP contribution in [0.4, 0.5) is 0 Å². The molecule has 17 heavy (non-hydrogen) atoms. The van der Waals surface area contributed by atoms with Crippen molar-refractivity contribution < 1.29 is 9.53 Å². The second-order valence-electron chi connectivity index (χ2n) is 3.53. The van der Waals surface area contributed by atoms with E-state index in [1.165, 1.54) is 0 Å². The highest BCUT2D eigenvalue weighted by atomic mass is 16.5. The van der Waals surface area contributed by atoms with E-state index in [4.69, 9.17) is 4.74 Å². The summed E-state index contributed by atoms with van der Waals surface area (Å²) < 4.78 is 4.80. The van der Waals surface area contributed by atoms with Crippen LogP contribution in [0.5, 0.6) is 0 Å². The first-order valence-corrected chi connectivity index (χ1v) is 5.52. The number of esters is 1. The normalized spacial score (nSPS) is 9.71. The topological polar surface area (TPSA) is 42.1 Å². The Kier molecular flexibility index (Phi) is 3.46. The summed E-state index contributed by atoms with van der Waals surface area (Å²) in [5, 5.41) is 1.12. The minimum absolute atomic E-state index is 0.130. The van der Waals surface area contributed by atoms with Crippen LogP contribution < -0.4 is 0 Å². The van der Waals surface area contributed by atoms with Crippen molar-refractivity contribution in [3.8, 4) is 11.8 Å². The average molecular weight is 227 g/mol. The Balaban J connectivity index is 2.16. The van der Waals surface area contributed by atoms with Gasteiger partial charge < -0.3 is 9.72 Å². The molecular weight excluding hydrogens is 214 g/mol. The van der Waals surface area contributed by atoms with Crippen LogP contribution in [0.15, 0.2) is 30.5 Å². The van der Waals surface area contributed by atoms with Gasteiger partial charge >= 0.3 is 5.97 Å². The van der Waals surface area contributed by atoms with Crippen LogP contribution in [-0.2, 0) is 9.53 Å². The van der Waals surface area contributed by atoms with Gasteiger partial charge in [-0.1, -0.05) is 24.0 Å². The lowest BCUT2D eigenvalue weighted by atomic mass is 10.1. The van der Waals surface area contributed by atoms with E-state index in [2.05, 4.69) is 16.8 Å². The molecule has 0 atom stereocenters. The fraction of sp³-hybridized carbons (Fsp3) is 0.214. The molecule has 1 N–H and O–H groups in total. The quantitative estimate of drug-likeness (QED) is 0.632. The van der Waals surface area contributed by atoms with E-state index >= 15 is 0 Å². The first-order valence-electron chi connectivity index (χ1n) is 5.52. The lowest BCUT2D eigenvalue weighted by Gasteiger charge is -1.95. The van der Waals surface area contributed by atoms with Gasteiger partial charge in [-0.05, 0) is 19.1 Å². The van der Waals surface area contributed by atoms with Crippen LogP contribution in [0.2, 0.25) is 0 Å². The molecule has 0 bridgehead atoms. The van der Waals surface area contributed by atoms with E-state index in [0.717, 1.165) is 16.5 Å². The number of carbonyl (C=O) groups excluding carboxylic acids is 1. The van der Waals surface area contributed by atoms with Crippen molar-refractivity contribution >= 4 is 16.9 Å². The zero-order chi connectivity index (χ0) is 12.1. The Labute approximate surface area is 99.8 Å². The molecule has 3 nitrogen and oxygen atoms in total. The summed E-state index contributed by atoms with van der Waals surface area (Å²) in [5.74, 6) is 5.53. The van der Waals surface area contributed by atoms with E-state index in [1.54, 1.807) is 6.92 Å². The van der Waals surface area contributed by atoms with Crippen molar-refractivity contribution in [3.05, 3.63) is 36.0 Å². The molecule has 0 fully saturated rings. The Morgan fingerprint density at radius 2 is 2.29 bits per heavy atom. The molecule has 0 amide bonds. The van der Waals surface area contributed by atoms with Gasteiger partial charge in [0.05, 0.1) is 12.1 Å². The third-order valence-electron chi connectivity index (χ3n) is 2.35. The molecule has 0 aliphatic rings. The summed E-state index contributed by atoms with van der Waals surface area (Å²) in [4.78, 5) is 14.2. The zero-order valence-electron chi connectivity index (χ0n) is 9.62. The van der Waals surface area contributed by atoms with Gasteiger partial charge in [-0.2, -0.15) is 0 Å². The minimum atomic E-state index is -0.279. The maximum Gasteiger partial charge on any atom is 0.317 e. The molecule has 0 spiro atoms. The van der Waals surface area contributed by atoms with Gasteiger partial charge in [0.2, 0.25) is 0 Å². The maximum atomic E-state index is 11.1. The molecule has 1 aromatic heterocycles. The van der Waals surface area contributed by atoms with Crippen molar-refractivity contribution in [2.24, 2.45) is 0 Å². The second-order valence-corrected chi connectivity index (χ2v) is 3.53. The van der Waals surface area contributed by atoms with Gasteiger partial charge in [-0.25, -0.2) is 0 Å². The number of benzene rings is 1. The van der Waals surface area contributed by atoms with E-state index in [1.807, 2.05) is 30.5 Å². The molecule has 0 unspecified atom stereocenters. The van der Waals surface area contributed by atoms with Crippen molar-refractivity contribution in [2.45, 2.75) is 13.3 Å². The molecule has 0 aliphatic carbocycles. The molecule has 86 valence electrons. The predicted octanol–water partition coefficient (Wildman–Crippen LogP) is 2.47. The smallest absolute Gasteiger partial charge is 0.317 e. The number of aromatic amines is 1. The third-order valence-corrected chi connectivity index (χ3v) is 2.35. The standard InChI is InChI=1S/C14H13NO2/c1-2-17-13(16)8-4-7-11-5-3-6-12-9-10-15-14(11)12/h3,5-6,9-10,15H,2,8H2,1H3. The molecular formula is C14H13NO2. The number of fused-ring (bicyclic) bond motifs is 1. The number of nitrogens with one attached hydrogen (secondary N) is 1. The minimum Gasteiger partial charge on any atom is -0.465 e. The third kappa shape index (κ3) is 2.67. The van der Waals surface area contributed by atoms with Crippen LogP contribution >= 0.6 is 0 Å². The van der Waals surface area contributed by atoms with Crippen LogP contribution in [0.1, 0.15) is 18.9 Å². The lowest BCUT2D eigenvalue weighted by Crippen LogP contribution is -2.01. The van der Waals surface area contributed by atoms with Crippen LogP contribution in [0.3, 0.4) is 0 Å². The second kappa shape index (κ2) is 5.22. The number of ether oxygens (including phenoxy) is 1. The number of carbonyl (C=O) groups is 1. The molecule has 0 radical (unpaired) electrons. The number of hydrogen-bond acceptors (Lipinski definition) is 2. The van der Waals surface area contributed by atoms with E-state index in [0.29, 0.717) is 6.61 Å². The largest absolute Gasteiger partial charge is 0.465 e. The number of hydrogen-bond donors (Lipinski definition) is 1. The van der Waals surface area contributed by atoms with Crippen molar-refractivity contribution in [1.82, 2.24) is 4.98 Å². The summed E-state index contributed by atoms with van der Waals surface area (Å²) in [6, 6.07) is 7.88. The van der Waals surface area contributed by atoms with E-state index in [-0.39, 0.29) is 12.4 Å². The van der Waals surface area contributed by atoms with Crippen molar-refractivity contribution in [2.75, 3.05) is 6.61 Å². The highest BCUT2D eigenvalue weighted by molar-refractivity contribution is 5.85. The SMILES string of the molecule is CCOC(=O)CC#Cc1cccc2cc[nH]c12. The van der Waals surface area contributed by atoms with Gasteiger partial charge in [0.15, 0.2) is 0 Å². The van der Waals surface area contributed by atoms with Gasteiger partial charge in [0.25, 0.3) is 0 Å². The number of rotatable bonds is 2. The van der Waals surface area contributed by atoms with E-state index in [9.17, 15) is 4.79 Å². The lowest BCUT2D eigenvalue weighted by molar-refractivity contribution is -0.141. The zero-order valence-corrected chi connectivity index (χ0v) is 9.62. The summed E-state index contributed by atoms with van der Waals surface area (Å²) in [6.45, 7) is 2.18. The average Bonchev–Trinajstić information content (AvgIpc) is 2.78.